The van der Waals surface area contributed by atoms with E-state index in [1.807, 2.05) is 0 Å². The Morgan fingerprint density at radius 1 is 1.08 bits per heavy atom. The average Bonchev–Trinajstić information content (AvgIpc) is 2.91. The van der Waals surface area contributed by atoms with Crippen molar-refractivity contribution >= 4 is 40.1 Å². The molecule has 5 nitrogen and oxygen atoms in total. The first-order valence-corrected chi connectivity index (χ1v) is 8.64. The lowest BCUT2D eigenvalue weighted by molar-refractivity contribution is -0.121. The van der Waals surface area contributed by atoms with Crippen LogP contribution < -0.4 is 10.2 Å². The van der Waals surface area contributed by atoms with Gasteiger partial charge >= 0.3 is 0 Å². The van der Waals surface area contributed by atoms with Crippen LogP contribution in [0.1, 0.15) is 6.42 Å². The van der Waals surface area contributed by atoms with E-state index in [2.05, 4.69) is 10.3 Å². The number of hydrogen-bond acceptors (Lipinski definition) is 4. The van der Waals surface area contributed by atoms with Crippen LogP contribution in [0.4, 0.5) is 20.2 Å². The van der Waals surface area contributed by atoms with Crippen molar-refractivity contribution in [1.29, 1.82) is 0 Å². The summed E-state index contributed by atoms with van der Waals surface area (Å²) in [4.78, 5) is 30.0. The van der Waals surface area contributed by atoms with E-state index in [0.29, 0.717) is 16.5 Å². The molecular weight excluding hydrogens is 360 g/mol. The number of thioether (sulfide) groups is 1. The summed E-state index contributed by atoms with van der Waals surface area (Å²) >= 11 is 1.12. The number of imide groups is 1. The fourth-order valence-corrected chi connectivity index (χ4v) is 3.47. The molecule has 0 saturated carbocycles. The number of benzene rings is 2. The summed E-state index contributed by atoms with van der Waals surface area (Å²) < 4.78 is 26.0. The van der Waals surface area contributed by atoms with Crippen LogP contribution >= 0.6 is 11.8 Å². The van der Waals surface area contributed by atoms with Crippen molar-refractivity contribution in [2.45, 2.75) is 11.7 Å². The molecule has 3 rings (SSSR count). The molecule has 1 fully saturated rings. The minimum atomic E-state index is -0.640. The summed E-state index contributed by atoms with van der Waals surface area (Å²) in [6.45, 7) is 0. The molecule has 2 amide bonds. The largest absolute Gasteiger partial charge is 0.335 e. The maximum Gasteiger partial charge on any atom is 0.247 e. The Morgan fingerprint density at radius 3 is 2.23 bits per heavy atom. The smallest absolute Gasteiger partial charge is 0.247 e. The molecule has 1 aliphatic heterocycles. The van der Waals surface area contributed by atoms with E-state index < -0.39 is 11.1 Å². The minimum Gasteiger partial charge on any atom is -0.335 e. The molecule has 8 heteroatoms. The van der Waals surface area contributed by atoms with Crippen LogP contribution in [-0.2, 0) is 9.59 Å². The number of carbonyl (C=O) groups excluding carboxylic acids is 2. The lowest BCUT2D eigenvalue weighted by atomic mass is 10.3. The van der Waals surface area contributed by atoms with E-state index in [1.165, 1.54) is 36.4 Å². The second-order valence-corrected chi connectivity index (χ2v) is 6.71. The van der Waals surface area contributed by atoms with Crippen LogP contribution in [0.25, 0.3) is 0 Å². The van der Waals surface area contributed by atoms with E-state index in [0.717, 1.165) is 16.7 Å². The van der Waals surface area contributed by atoms with Gasteiger partial charge in [0.2, 0.25) is 11.8 Å². The molecule has 1 atom stereocenters. The summed E-state index contributed by atoms with van der Waals surface area (Å²) in [7, 11) is 1.55. The summed E-state index contributed by atoms with van der Waals surface area (Å²) in [5, 5.41) is 2.79. The maximum atomic E-state index is 13.1. The van der Waals surface area contributed by atoms with Crippen LogP contribution in [0.2, 0.25) is 0 Å². The third kappa shape index (κ3) is 3.91. The molecule has 1 saturated heterocycles. The standard InChI is InChI=1S/C18H15F2N3O2S/c1-21-18(22-13-6-2-11(19)3-7-13)26-15-10-16(24)23(17(15)25)14-8-4-12(20)5-9-14/h2-9,15H,10H2,1H3,(H,21,22). The van der Waals surface area contributed by atoms with E-state index in [4.69, 9.17) is 0 Å². The monoisotopic (exact) mass is 375 g/mol. The fourth-order valence-electron chi connectivity index (χ4n) is 2.49. The molecule has 0 spiro atoms. The van der Waals surface area contributed by atoms with Gasteiger partial charge in [-0.3, -0.25) is 14.6 Å². The molecule has 1 heterocycles. The zero-order valence-electron chi connectivity index (χ0n) is 13.8. The predicted octanol–water partition coefficient (Wildman–Crippen LogP) is 3.43. The van der Waals surface area contributed by atoms with Gasteiger partial charge in [-0.05, 0) is 48.5 Å². The number of amidine groups is 1. The van der Waals surface area contributed by atoms with Gasteiger partial charge in [0.1, 0.15) is 16.9 Å². The summed E-state index contributed by atoms with van der Waals surface area (Å²) in [6.07, 6.45) is 0.0188. The molecule has 0 radical (unpaired) electrons. The Balaban J connectivity index is 1.71. The summed E-state index contributed by atoms with van der Waals surface area (Å²) in [5.41, 5.74) is 0.956. The van der Waals surface area contributed by atoms with Crippen molar-refractivity contribution in [2.24, 2.45) is 4.99 Å². The van der Waals surface area contributed by atoms with Crippen molar-refractivity contribution in [2.75, 3.05) is 17.3 Å². The Hall–Kier alpha value is -2.74. The maximum absolute atomic E-state index is 13.1. The SMILES string of the molecule is CN=C(Nc1ccc(F)cc1)SC1CC(=O)N(c2ccc(F)cc2)C1=O. The van der Waals surface area contributed by atoms with Crippen LogP contribution in [0.15, 0.2) is 53.5 Å². The normalized spacial score (nSPS) is 17.7. The number of nitrogens with zero attached hydrogens (tertiary/aromatic N) is 2. The summed E-state index contributed by atoms with van der Waals surface area (Å²) in [5.74, 6) is -1.53. The van der Waals surface area contributed by atoms with Crippen LogP contribution in [-0.4, -0.2) is 29.3 Å². The lowest BCUT2D eigenvalue weighted by Gasteiger charge is -2.15. The van der Waals surface area contributed by atoms with E-state index >= 15 is 0 Å². The van der Waals surface area contributed by atoms with Gasteiger partial charge in [-0.25, -0.2) is 13.7 Å². The molecule has 0 bridgehead atoms. The van der Waals surface area contributed by atoms with Gasteiger partial charge in [0, 0.05) is 19.2 Å². The first-order chi connectivity index (χ1) is 12.5. The van der Waals surface area contributed by atoms with Crippen LogP contribution in [0.3, 0.4) is 0 Å². The number of nitrogens with one attached hydrogen (secondary N) is 1. The predicted molar refractivity (Wildman–Crippen MR) is 98.3 cm³/mol. The zero-order valence-corrected chi connectivity index (χ0v) is 14.6. The van der Waals surface area contributed by atoms with E-state index in [1.54, 1.807) is 19.2 Å². The molecule has 2 aromatic carbocycles. The van der Waals surface area contributed by atoms with E-state index in [9.17, 15) is 18.4 Å². The number of anilines is 2. The minimum absolute atomic E-state index is 0.0188. The number of carbonyl (C=O) groups is 2. The van der Waals surface area contributed by atoms with Crippen LogP contribution in [0, 0.1) is 11.6 Å². The third-order valence-corrected chi connectivity index (χ3v) is 4.90. The molecule has 0 aliphatic carbocycles. The van der Waals surface area contributed by atoms with Gasteiger partial charge in [-0.2, -0.15) is 0 Å². The van der Waals surface area contributed by atoms with E-state index in [-0.39, 0.29) is 24.1 Å². The third-order valence-electron chi connectivity index (χ3n) is 3.74. The molecule has 1 N–H and O–H groups in total. The van der Waals surface area contributed by atoms with Gasteiger partial charge in [0.25, 0.3) is 0 Å². The second kappa shape index (κ2) is 7.65. The highest BCUT2D eigenvalue weighted by atomic mass is 32.2. The van der Waals surface area contributed by atoms with Crippen molar-refractivity contribution in [3.63, 3.8) is 0 Å². The number of aliphatic imine (C=N–C) groups is 1. The highest BCUT2D eigenvalue weighted by Gasteiger charge is 2.40. The quantitative estimate of drug-likeness (QED) is 0.507. The molecular formula is C18H15F2N3O2S. The highest BCUT2D eigenvalue weighted by Crippen LogP contribution is 2.30. The second-order valence-electron chi connectivity index (χ2n) is 5.52. The van der Waals surface area contributed by atoms with Gasteiger partial charge in [0.05, 0.1) is 5.69 Å². The van der Waals surface area contributed by atoms with Gasteiger partial charge in [-0.15, -0.1) is 0 Å². The molecule has 1 aliphatic rings. The first-order valence-electron chi connectivity index (χ1n) is 7.76. The fraction of sp³-hybridized carbons (Fsp3) is 0.167. The Kier molecular flexibility index (Phi) is 5.32. The number of hydrogen-bond donors (Lipinski definition) is 1. The van der Waals surface area contributed by atoms with Crippen molar-refractivity contribution in [3.05, 3.63) is 60.2 Å². The molecule has 2 aromatic rings. The topological polar surface area (TPSA) is 61.8 Å². The Bertz CT molecular complexity index is 854. The number of amides is 2. The Labute approximate surface area is 153 Å². The highest BCUT2D eigenvalue weighted by molar-refractivity contribution is 8.15. The van der Waals surface area contributed by atoms with Gasteiger partial charge in [-0.1, -0.05) is 11.8 Å². The van der Waals surface area contributed by atoms with Crippen LogP contribution in [0.5, 0.6) is 0 Å². The first kappa shape index (κ1) is 18.1. The van der Waals surface area contributed by atoms with Crippen molar-refractivity contribution in [1.82, 2.24) is 0 Å². The van der Waals surface area contributed by atoms with Crippen molar-refractivity contribution in [3.8, 4) is 0 Å². The molecule has 26 heavy (non-hydrogen) atoms. The Morgan fingerprint density at radius 2 is 1.65 bits per heavy atom. The molecule has 1 unspecified atom stereocenters. The zero-order chi connectivity index (χ0) is 18.7. The average molecular weight is 375 g/mol. The van der Waals surface area contributed by atoms with Crippen molar-refractivity contribution < 1.29 is 18.4 Å². The number of halogens is 2. The summed E-state index contributed by atoms with van der Waals surface area (Å²) in [6, 6.07) is 10.9. The van der Waals surface area contributed by atoms with Gasteiger partial charge in [0.15, 0.2) is 5.17 Å². The molecule has 0 aromatic heterocycles. The lowest BCUT2D eigenvalue weighted by Crippen LogP contribution is -2.31. The van der Waals surface area contributed by atoms with Gasteiger partial charge < -0.3 is 5.32 Å². The number of rotatable bonds is 3. The molecule has 134 valence electrons.